The lowest BCUT2D eigenvalue weighted by atomic mass is 10.0. The highest BCUT2D eigenvalue weighted by Crippen LogP contribution is 2.23. The molecule has 1 amide bonds. The van der Waals surface area contributed by atoms with E-state index in [0.29, 0.717) is 28.8 Å². The Morgan fingerprint density at radius 1 is 1.45 bits per heavy atom. The Labute approximate surface area is 125 Å². The maximum Gasteiger partial charge on any atom is 0.257 e. The minimum atomic E-state index is -0.111. The minimum Gasteiger partial charge on any atom is -0.496 e. The molecule has 0 saturated heterocycles. The van der Waals surface area contributed by atoms with Crippen LogP contribution in [0.2, 0.25) is 5.02 Å². The predicted molar refractivity (Wildman–Crippen MR) is 82.4 cm³/mol. The summed E-state index contributed by atoms with van der Waals surface area (Å²) in [5.74, 6) is 0.818. The topological polar surface area (TPSA) is 55.6 Å². The quantitative estimate of drug-likeness (QED) is 0.878. The molecule has 1 aromatic rings. The first-order valence-electron chi connectivity index (χ1n) is 6.71. The Morgan fingerprint density at radius 3 is 2.65 bits per heavy atom. The van der Waals surface area contributed by atoms with Crippen molar-refractivity contribution in [3.05, 3.63) is 28.8 Å². The molecule has 2 N–H and O–H groups in total. The van der Waals surface area contributed by atoms with Crippen LogP contribution in [0.1, 0.15) is 30.6 Å². The Kier molecular flexibility index (Phi) is 6.30. The molecule has 5 heteroatoms. The van der Waals surface area contributed by atoms with E-state index in [1.807, 2.05) is 0 Å². The lowest BCUT2D eigenvalue weighted by molar-refractivity contribution is 0.0786. The lowest BCUT2D eigenvalue weighted by Gasteiger charge is -2.22. The molecule has 1 unspecified atom stereocenters. The molecule has 0 radical (unpaired) electrons. The molecule has 1 aromatic carbocycles. The van der Waals surface area contributed by atoms with Gasteiger partial charge in [0, 0.05) is 24.7 Å². The summed E-state index contributed by atoms with van der Waals surface area (Å²) in [5, 5.41) is 0.515. The number of benzene rings is 1. The SMILES string of the molecule is COc1ccc(Cl)cc1C(=O)N(C)CCC(N)C(C)C. The van der Waals surface area contributed by atoms with Crippen molar-refractivity contribution in [3.8, 4) is 5.75 Å². The molecular weight excluding hydrogens is 276 g/mol. The number of nitrogens with zero attached hydrogens (tertiary/aromatic N) is 1. The summed E-state index contributed by atoms with van der Waals surface area (Å²) >= 11 is 5.95. The van der Waals surface area contributed by atoms with E-state index in [9.17, 15) is 4.79 Å². The second-order valence-corrected chi connectivity index (χ2v) is 5.70. The summed E-state index contributed by atoms with van der Waals surface area (Å²) in [6.07, 6.45) is 0.767. The first-order valence-corrected chi connectivity index (χ1v) is 7.09. The third kappa shape index (κ3) is 4.39. The highest BCUT2D eigenvalue weighted by molar-refractivity contribution is 6.31. The van der Waals surface area contributed by atoms with Crippen LogP contribution in [0.4, 0.5) is 0 Å². The van der Waals surface area contributed by atoms with Gasteiger partial charge >= 0.3 is 0 Å². The summed E-state index contributed by atoms with van der Waals surface area (Å²) in [6.45, 7) is 4.76. The molecule has 20 heavy (non-hydrogen) atoms. The predicted octanol–water partition coefficient (Wildman–Crippen LogP) is 2.79. The molecule has 0 aliphatic heterocycles. The number of halogens is 1. The number of nitrogens with two attached hydrogens (primary N) is 1. The first-order chi connectivity index (χ1) is 9.36. The number of rotatable bonds is 6. The summed E-state index contributed by atoms with van der Waals surface area (Å²) in [5.41, 5.74) is 6.47. The van der Waals surface area contributed by atoms with Gasteiger partial charge in [0.1, 0.15) is 5.75 Å². The molecule has 1 atom stereocenters. The highest BCUT2D eigenvalue weighted by Gasteiger charge is 2.18. The second-order valence-electron chi connectivity index (χ2n) is 5.27. The third-order valence-electron chi connectivity index (χ3n) is 3.39. The van der Waals surface area contributed by atoms with E-state index in [1.165, 1.54) is 7.11 Å². The zero-order valence-electron chi connectivity index (χ0n) is 12.5. The van der Waals surface area contributed by atoms with Gasteiger partial charge in [0.2, 0.25) is 0 Å². The van der Waals surface area contributed by atoms with Gasteiger partial charge in [0.15, 0.2) is 0 Å². The van der Waals surface area contributed by atoms with Gasteiger partial charge < -0.3 is 15.4 Å². The number of hydrogen-bond donors (Lipinski definition) is 1. The maximum atomic E-state index is 12.4. The van der Waals surface area contributed by atoms with Crippen LogP contribution in [0.25, 0.3) is 0 Å². The average molecular weight is 299 g/mol. The standard InChI is InChI=1S/C15H23ClN2O2/c1-10(2)13(17)7-8-18(3)15(19)12-9-11(16)5-6-14(12)20-4/h5-6,9-10,13H,7-8,17H2,1-4H3. The zero-order chi connectivity index (χ0) is 15.3. The molecule has 112 valence electrons. The molecular formula is C15H23ClN2O2. The molecule has 1 rings (SSSR count). The van der Waals surface area contributed by atoms with Gasteiger partial charge in [0.05, 0.1) is 12.7 Å². The van der Waals surface area contributed by atoms with Crippen LogP contribution in [0.5, 0.6) is 5.75 Å². The Morgan fingerprint density at radius 2 is 2.10 bits per heavy atom. The normalized spacial score (nSPS) is 12.3. The van der Waals surface area contributed by atoms with Crippen molar-refractivity contribution in [1.29, 1.82) is 0 Å². The molecule has 0 fully saturated rings. The number of carbonyl (C=O) groups excluding carboxylic acids is 1. The lowest BCUT2D eigenvalue weighted by Crippen LogP contribution is -2.34. The van der Waals surface area contributed by atoms with E-state index < -0.39 is 0 Å². The fourth-order valence-corrected chi connectivity index (χ4v) is 2.00. The van der Waals surface area contributed by atoms with Crippen LogP contribution >= 0.6 is 11.6 Å². The van der Waals surface area contributed by atoms with Crippen LogP contribution in [0, 0.1) is 5.92 Å². The van der Waals surface area contributed by atoms with Crippen molar-refractivity contribution >= 4 is 17.5 Å². The van der Waals surface area contributed by atoms with E-state index in [1.54, 1.807) is 30.1 Å². The molecule has 4 nitrogen and oxygen atoms in total. The molecule has 0 spiro atoms. The fraction of sp³-hybridized carbons (Fsp3) is 0.533. The second kappa shape index (κ2) is 7.50. The van der Waals surface area contributed by atoms with Gasteiger partial charge in [0.25, 0.3) is 5.91 Å². The highest BCUT2D eigenvalue weighted by atomic mass is 35.5. The number of amides is 1. The number of carbonyl (C=O) groups is 1. The summed E-state index contributed by atoms with van der Waals surface area (Å²) in [4.78, 5) is 14.1. The van der Waals surface area contributed by atoms with Crippen molar-refractivity contribution in [2.75, 3.05) is 20.7 Å². The number of ether oxygens (including phenoxy) is 1. The van der Waals surface area contributed by atoms with Crippen molar-refractivity contribution in [3.63, 3.8) is 0 Å². The van der Waals surface area contributed by atoms with Gasteiger partial charge in [-0.25, -0.2) is 0 Å². The van der Waals surface area contributed by atoms with Crippen LogP contribution in [0.3, 0.4) is 0 Å². The van der Waals surface area contributed by atoms with Crippen LogP contribution in [-0.4, -0.2) is 37.6 Å². The van der Waals surface area contributed by atoms with Crippen LogP contribution in [-0.2, 0) is 0 Å². The van der Waals surface area contributed by atoms with E-state index in [0.717, 1.165) is 6.42 Å². The van der Waals surface area contributed by atoms with Crippen molar-refractivity contribution in [2.45, 2.75) is 26.3 Å². The molecule has 0 saturated carbocycles. The monoisotopic (exact) mass is 298 g/mol. The van der Waals surface area contributed by atoms with Crippen molar-refractivity contribution < 1.29 is 9.53 Å². The summed E-state index contributed by atoms with van der Waals surface area (Å²) in [7, 11) is 3.30. The van der Waals surface area contributed by atoms with Crippen molar-refractivity contribution in [2.24, 2.45) is 11.7 Å². The smallest absolute Gasteiger partial charge is 0.257 e. The summed E-state index contributed by atoms with van der Waals surface area (Å²) < 4.78 is 5.20. The molecule has 0 aliphatic rings. The Balaban J connectivity index is 2.76. The van der Waals surface area contributed by atoms with Gasteiger partial charge in [-0.2, -0.15) is 0 Å². The van der Waals surface area contributed by atoms with Gasteiger partial charge in [-0.3, -0.25) is 4.79 Å². The zero-order valence-corrected chi connectivity index (χ0v) is 13.3. The van der Waals surface area contributed by atoms with Crippen molar-refractivity contribution in [1.82, 2.24) is 4.90 Å². The first kappa shape index (κ1) is 16.8. The minimum absolute atomic E-state index is 0.0894. The molecule has 0 aromatic heterocycles. The van der Waals surface area contributed by atoms with E-state index in [4.69, 9.17) is 22.1 Å². The Bertz CT molecular complexity index is 463. The molecule has 0 aliphatic carbocycles. The molecule has 0 heterocycles. The number of hydrogen-bond acceptors (Lipinski definition) is 3. The van der Waals surface area contributed by atoms with Crippen LogP contribution < -0.4 is 10.5 Å². The average Bonchev–Trinajstić information content (AvgIpc) is 2.43. The largest absolute Gasteiger partial charge is 0.496 e. The Hall–Kier alpha value is -1.26. The van der Waals surface area contributed by atoms with Gasteiger partial charge in [-0.15, -0.1) is 0 Å². The summed E-state index contributed by atoms with van der Waals surface area (Å²) in [6, 6.07) is 5.11. The van der Waals surface area contributed by atoms with Gasteiger partial charge in [-0.1, -0.05) is 25.4 Å². The third-order valence-corrected chi connectivity index (χ3v) is 3.63. The maximum absolute atomic E-state index is 12.4. The molecule has 0 bridgehead atoms. The van der Waals surface area contributed by atoms with E-state index in [-0.39, 0.29) is 11.9 Å². The van der Waals surface area contributed by atoms with E-state index in [2.05, 4.69) is 13.8 Å². The van der Waals surface area contributed by atoms with E-state index >= 15 is 0 Å². The number of methoxy groups -OCH3 is 1. The van der Waals surface area contributed by atoms with Gasteiger partial charge in [-0.05, 0) is 30.5 Å². The van der Waals surface area contributed by atoms with Crippen LogP contribution in [0.15, 0.2) is 18.2 Å². The fourth-order valence-electron chi connectivity index (χ4n) is 1.83.